The molecule has 9 heteroatoms. The smallest absolute Gasteiger partial charge is 0.744 e. The van der Waals surface area contributed by atoms with Gasteiger partial charge in [0, 0.05) is 0 Å². The van der Waals surface area contributed by atoms with Crippen LogP contribution in [0, 0.1) is 0 Å². The zero-order chi connectivity index (χ0) is 49.3. The zero-order valence-electron chi connectivity index (χ0n) is 44.2. The number of fused-ring (bicyclic) bond motifs is 2. The molecule has 0 aliphatic heterocycles. The van der Waals surface area contributed by atoms with Gasteiger partial charge in [-0.1, -0.05) is 244 Å². The quantitative estimate of drug-likeness (QED) is 0.0251. The Bertz CT molecular complexity index is 2030. The summed E-state index contributed by atoms with van der Waals surface area (Å²) in [6.45, 7) is 8.99. The van der Waals surface area contributed by atoms with Crippen LogP contribution in [-0.4, -0.2) is 63.7 Å². The first-order valence-electron chi connectivity index (χ1n) is 27.9. The van der Waals surface area contributed by atoms with Crippen LogP contribution in [0.2, 0.25) is 0 Å². The molecule has 0 fully saturated rings. The van der Waals surface area contributed by atoms with Crippen molar-refractivity contribution in [1.29, 1.82) is 0 Å². The predicted octanol–water partition coefficient (Wildman–Crippen LogP) is 17.8. The summed E-state index contributed by atoms with van der Waals surface area (Å²) >= 11 is 0. The number of unbranched alkanes of at least 4 members (excludes halogenated alkanes) is 28. The van der Waals surface area contributed by atoms with Gasteiger partial charge in [-0.05, 0) is 119 Å². The van der Waals surface area contributed by atoms with E-state index >= 15 is 0 Å². The third kappa shape index (κ3) is 26.3. The molecule has 0 radical (unpaired) electrons. The molecule has 0 unspecified atom stereocenters. The Hall–Kier alpha value is -1.52. The molecule has 384 valence electrons. The number of rotatable bonds is 38. The summed E-state index contributed by atoms with van der Waals surface area (Å²) in [4.78, 5) is -0.220. The Morgan fingerprint density at radius 2 is 0.493 bits per heavy atom. The van der Waals surface area contributed by atoms with Crippen LogP contribution < -0.4 is 0 Å². The molecule has 0 saturated carbocycles. The molecular weight excluding hydrogens is 921 g/mol. The van der Waals surface area contributed by atoms with E-state index in [9.17, 15) is 25.9 Å². The van der Waals surface area contributed by atoms with Crippen molar-refractivity contribution in [3.63, 3.8) is 0 Å². The molecule has 0 aliphatic rings. The van der Waals surface area contributed by atoms with Gasteiger partial charge in [0.1, 0.15) is 20.2 Å². The van der Waals surface area contributed by atoms with Crippen LogP contribution in [0.4, 0.5) is 0 Å². The second kappa shape index (κ2) is 38.1. The van der Waals surface area contributed by atoms with Crippen LogP contribution in [0.25, 0.3) is 21.5 Å². The molecule has 0 amide bonds. The van der Waals surface area contributed by atoms with Crippen LogP contribution >= 0.6 is 0 Å². The first-order valence-corrected chi connectivity index (χ1v) is 30.8. The molecule has 0 N–H and O–H groups in total. The Balaban J connectivity index is 0.000000467. The summed E-state index contributed by atoms with van der Waals surface area (Å²) in [5, 5.41) is 4.15. The maximum atomic E-state index is 11.7. The third-order valence-corrected chi connectivity index (χ3v) is 15.8. The van der Waals surface area contributed by atoms with Gasteiger partial charge in [-0.2, -0.15) is 0 Å². The summed E-state index contributed by atoms with van der Waals surface area (Å²) in [5.74, 6) is 0. The fraction of sp³-hybridized carbons (Fsp3) is 0.667. The standard InChI is InChI=1S/2C30H48O3S.Ca/c2*1-3-5-7-9-11-13-15-17-19-26-21-22-27(20-18-16-14-12-10-8-6-4-2)30-25-28(34(31,32)33)23-24-29(26)30;/h2*21-25H,3-20H2,1-2H3,(H,31,32,33);/q;;+2/p-2. The van der Waals surface area contributed by atoms with Crippen molar-refractivity contribution in [2.75, 3.05) is 0 Å². The Labute approximate surface area is 453 Å². The molecule has 4 rings (SSSR count). The van der Waals surface area contributed by atoms with Gasteiger partial charge >= 0.3 is 37.7 Å². The maximum absolute atomic E-state index is 11.7. The fourth-order valence-electron chi connectivity index (χ4n) is 9.88. The Morgan fingerprint density at radius 3 is 0.710 bits per heavy atom. The van der Waals surface area contributed by atoms with E-state index in [1.165, 1.54) is 214 Å². The van der Waals surface area contributed by atoms with E-state index in [4.69, 9.17) is 0 Å². The monoisotopic (exact) mass is 1010 g/mol. The number of hydrogen-bond acceptors (Lipinski definition) is 6. The van der Waals surface area contributed by atoms with Crippen molar-refractivity contribution in [2.45, 2.75) is 269 Å². The molecule has 4 aromatic rings. The third-order valence-electron chi connectivity index (χ3n) is 14.1. The number of benzene rings is 4. The van der Waals surface area contributed by atoms with E-state index in [2.05, 4.69) is 52.0 Å². The fourth-order valence-corrected chi connectivity index (χ4v) is 10.9. The first kappa shape index (κ1) is 63.6. The summed E-state index contributed by atoms with van der Waals surface area (Å²) in [5.41, 5.74) is 4.89. The average molecular weight is 1020 g/mol. The predicted molar refractivity (Wildman–Crippen MR) is 295 cm³/mol. The van der Waals surface area contributed by atoms with Crippen LogP contribution in [0.5, 0.6) is 0 Å². The summed E-state index contributed by atoms with van der Waals surface area (Å²) in [7, 11) is -8.90. The molecule has 0 atom stereocenters. The largest absolute Gasteiger partial charge is 2.00 e. The van der Waals surface area contributed by atoms with Gasteiger partial charge in [-0.15, -0.1) is 0 Å². The number of aryl methyl sites for hydroxylation is 4. The molecule has 0 aromatic heterocycles. The SMILES string of the molecule is CCCCCCCCCCc1ccc(CCCCCCCCCC)c2cc(S(=O)(=O)[O-])ccc12.CCCCCCCCCCc1ccc(CCCCCCCCCC)c2cc(S(=O)(=O)[O-])ccc12.[Ca+2]. The van der Waals surface area contributed by atoms with Crippen molar-refractivity contribution >= 4 is 79.5 Å². The van der Waals surface area contributed by atoms with E-state index in [0.717, 1.165) is 72.9 Å². The van der Waals surface area contributed by atoms with Crippen molar-refractivity contribution in [2.24, 2.45) is 0 Å². The van der Waals surface area contributed by atoms with Gasteiger partial charge in [0.15, 0.2) is 0 Å². The van der Waals surface area contributed by atoms with Gasteiger partial charge in [-0.3, -0.25) is 0 Å². The Kier molecular flexibility index (Phi) is 35.1. The van der Waals surface area contributed by atoms with E-state index < -0.39 is 20.2 Å². The topological polar surface area (TPSA) is 114 Å². The first-order chi connectivity index (χ1) is 32.9. The second-order valence-corrected chi connectivity index (χ2v) is 22.7. The molecule has 0 bridgehead atoms. The van der Waals surface area contributed by atoms with Gasteiger partial charge in [0.2, 0.25) is 0 Å². The van der Waals surface area contributed by atoms with Gasteiger partial charge in [0.05, 0.1) is 9.79 Å². The molecular formula is C60H94CaO6S2. The average Bonchev–Trinajstić information content (AvgIpc) is 3.32. The summed E-state index contributed by atoms with van der Waals surface area (Å²) in [6, 6.07) is 18.7. The minimum atomic E-state index is -4.45. The maximum Gasteiger partial charge on any atom is 2.00 e. The van der Waals surface area contributed by atoms with Crippen LogP contribution in [0.1, 0.15) is 255 Å². The van der Waals surface area contributed by atoms with Crippen LogP contribution in [0.3, 0.4) is 0 Å². The summed E-state index contributed by atoms with van der Waals surface area (Å²) < 4.78 is 70.0. The van der Waals surface area contributed by atoms with Crippen molar-refractivity contribution in [3.05, 3.63) is 82.9 Å². The molecule has 4 aromatic carbocycles. The summed E-state index contributed by atoms with van der Waals surface area (Å²) in [6.07, 6.45) is 44.9. The van der Waals surface area contributed by atoms with Crippen LogP contribution in [0.15, 0.2) is 70.5 Å². The van der Waals surface area contributed by atoms with E-state index in [1.54, 1.807) is 12.1 Å². The van der Waals surface area contributed by atoms with Crippen molar-refractivity contribution in [3.8, 4) is 0 Å². The van der Waals surface area contributed by atoms with Crippen molar-refractivity contribution < 1.29 is 25.9 Å². The van der Waals surface area contributed by atoms with Gasteiger partial charge < -0.3 is 9.11 Å². The van der Waals surface area contributed by atoms with E-state index in [0.29, 0.717) is 0 Å². The van der Waals surface area contributed by atoms with Crippen molar-refractivity contribution in [1.82, 2.24) is 0 Å². The van der Waals surface area contributed by atoms with Gasteiger partial charge in [-0.25, -0.2) is 16.8 Å². The molecule has 69 heavy (non-hydrogen) atoms. The molecule has 0 spiro atoms. The van der Waals surface area contributed by atoms with Gasteiger partial charge in [0.25, 0.3) is 0 Å². The molecule has 0 saturated heterocycles. The minimum absolute atomic E-state index is 0. The van der Waals surface area contributed by atoms with E-state index in [-0.39, 0.29) is 47.5 Å². The zero-order valence-corrected chi connectivity index (χ0v) is 48.0. The van der Waals surface area contributed by atoms with E-state index in [1.807, 2.05) is 12.1 Å². The molecule has 0 heterocycles. The number of hydrogen-bond donors (Lipinski definition) is 0. The second-order valence-electron chi connectivity index (χ2n) is 20.0. The molecule has 0 aliphatic carbocycles. The molecule has 6 nitrogen and oxygen atoms in total. The normalized spacial score (nSPS) is 11.8. The van der Waals surface area contributed by atoms with Crippen LogP contribution in [-0.2, 0) is 45.9 Å². The minimum Gasteiger partial charge on any atom is -0.744 e. The Morgan fingerprint density at radius 1 is 0.290 bits per heavy atom.